The van der Waals surface area contributed by atoms with Crippen molar-refractivity contribution in [1.82, 2.24) is 0 Å². The lowest BCUT2D eigenvalue weighted by Crippen LogP contribution is -2.15. The molecule has 0 spiro atoms. The van der Waals surface area contributed by atoms with E-state index in [4.69, 9.17) is 43.6 Å². The van der Waals surface area contributed by atoms with Crippen LogP contribution in [0.1, 0.15) is 0 Å². The second kappa shape index (κ2) is 27.1. The van der Waals surface area contributed by atoms with Gasteiger partial charge in [0.2, 0.25) is 0 Å². The van der Waals surface area contributed by atoms with Crippen molar-refractivity contribution in [3.8, 4) is 0 Å². The molecule has 0 aliphatic heterocycles. The summed E-state index contributed by atoms with van der Waals surface area (Å²) in [6.45, 7) is 9.57. The van der Waals surface area contributed by atoms with E-state index in [1.165, 1.54) is 0 Å². The summed E-state index contributed by atoms with van der Waals surface area (Å²) in [7, 11) is 0. The minimum atomic E-state index is 0.534. The van der Waals surface area contributed by atoms with Gasteiger partial charge >= 0.3 is 0 Å². The third kappa shape index (κ3) is 26.1. The Kier molecular flexibility index (Phi) is 27.2. The fourth-order valence-corrected chi connectivity index (χ4v) is 2.01. The fourth-order valence-electron chi connectivity index (χ4n) is 1.78. The standard InChI is InChI=1S/C18H38BrNO8/c19-1-3-21-5-7-23-9-11-25-13-15-27-17-18-28-16-14-26-12-10-24-8-6-22-4-2-20/h1-18,20H2. The third-order valence-corrected chi connectivity index (χ3v) is 3.41. The van der Waals surface area contributed by atoms with E-state index in [2.05, 4.69) is 15.9 Å². The van der Waals surface area contributed by atoms with Crippen LogP contribution in [0.4, 0.5) is 0 Å². The molecule has 0 aliphatic carbocycles. The zero-order chi connectivity index (χ0) is 20.4. The Labute approximate surface area is 177 Å². The lowest BCUT2D eigenvalue weighted by atomic mass is 10.6. The predicted octanol–water partition coefficient (Wildman–Crippen LogP) is 0.473. The molecule has 0 saturated heterocycles. The molecule has 0 radical (unpaired) electrons. The Morgan fingerprint density at radius 1 is 0.357 bits per heavy atom. The Morgan fingerprint density at radius 3 is 0.786 bits per heavy atom. The van der Waals surface area contributed by atoms with Gasteiger partial charge in [0, 0.05) is 11.9 Å². The molecule has 0 aromatic rings. The van der Waals surface area contributed by atoms with Crippen molar-refractivity contribution in [2.75, 3.05) is 118 Å². The average molecular weight is 476 g/mol. The molecule has 170 valence electrons. The van der Waals surface area contributed by atoms with Crippen molar-refractivity contribution in [2.24, 2.45) is 5.73 Å². The fraction of sp³-hybridized carbons (Fsp3) is 1.00. The largest absolute Gasteiger partial charge is 0.378 e. The molecule has 0 aromatic carbocycles. The first-order valence-corrected chi connectivity index (χ1v) is 10.9. The highest BCUT2D eigenvalue weighted by molar-refractivity contribution is 9.09. The molecule has 0 aliphatic rings. The van der Waals surface area contributed by atoms with Crippen LogP contribution in [0, 0.1) is 0 Å². The number of nitrogens with two attached hydrogens (primary N) is 1. The topological polar surface area (TPSA) is 99.9 Å². The normalized spacial score (nSPS) is 11.4. The lowest BCUT2D eigenvalue weighted by molar-refractivity contribution is -0.0226. The van der Waals surface area contributed by atoms with Gasteiger partial charge in [-0.2, -0.15) is 0 Å². The summed E-state index contributed by atoms with van der Waals surface area (Å²) in [5, 5.41) is 0.845. The number of alkyl halides is 1. The second-order valence-corrected chi connectivity index (χ2v) is 6.17. The molecule has 0 amide bonds. The smallest absolute Gasteiger partial charge is 0.0701 e. The van der Waals surface area contributed by atoms with Crippen LogP contribution in [-0.4, -0.2) is 118 Å². The number of halogens is 1. The van der Waals surface area contributed by atoms with Crippen LogP contribution in [0.25, 0.3) is 0 Å². The Bertz CT molecular complexity index is 254. The zero-order valence-corrected chi connectivity index (χ0v) is 18.5. The molecule has 0 atom stereocenters. The number of rotatable bonds is 25. The van der Waals surface area contributed by atoms with Gasteiger partial charge in [-0.05, 0) is 0 Å². The van der Waals surface area contributed by atoms with Gasteiger partial charge in [0.1, 0.15) is 0 Å². The van der Waals surface area contributed by atoms with Gasteiger partial charge in [-0.15, -0.1) is 0 Å². The van der Waals surface area contributed by atoms with Crippen LogP contribution in [0.5, 0.6) is 0 Å². The van der Waals surface area contributed by atoms with E-state index in [1.807, 2.05) is 0 Å². The first-order chi connectivity index (χ1) is 13.9. The molecule has 9 nitrogen and oxygen atoms in total. The third-order valence-electron chi connectivity index (χ3n) is 3.09. The molecular formula is C18H38BrNO8. The van der Waals surface area contributed by atoms with E-state index >= 15 is 0 Å². The van der Waals surface area contributed by atoms with E-state index in [-0.39, 0.29) is 0 Å². The Balaban J connectivity index is 2.96. The molecule has 0 fully saturated rings. The number of ether oxygens (including phenoxy) is 8. The summed E-state index contributed by atoms with van der Waals surface area (Å²) < 4.78 is 42.7. The quantitative estimate of drug-likeness (QED) is 0.149. The van der Waals surface area contributed by atoms with Crippen LogP contribution >= 0.6 is 15.9 Å². The van der Waals surface area contributed by atoms with Crippen LogP contribution < -0.4 is 5.73 Å². The van der Waals surface area contributed by atoms with E-state index in [1.54, 1.807) is 0 Å². The monoisotopic (exact) mass is 475 g/mol. The van der Waals surface area contributed by atoms with E-state index in [9.17, 15) is 0 Å². The molecule has 0 heterocycles. The lowest BCUT2D eigenvalue weighted by Gasteiger charge is -2.08. The van der Waals surface area contributed by atoms with Gasteiger partial charge in [-0.1, -0.05) is 15.9 Å². The SMILES string of the molecule is NCCOCCOCCOCCOCCOCCOCCOCCOCCBr. The minimum Gasteiger partial charge on any atom is -0.378 e. The predicted molar refractivity (Wildman–Crippen MR) is 109 cm³/mol. The molecule has 0 bridgehead atoms. The molecular weight excluding hydrogens is 438 g/mol. The molecule has 10 heteroatoms. The summed E-state index contributed by atoms with van der Waals surface area (Å²) >= 11 is 3.29. The highest BCUT2D eigenvalue weighted by atomic mass is 79.9. The van der Waals surface area contributed by atoms with Gasteiger partial charge in [0.25, 0.3) is 0 Å². The van der Waals surface area contributed by atoms with E-state index in [0.29, 0.717) is 112 Å². The minimum absolute atomic E-state index is 0.534. The first-order valence-electron chi connectivity index (χ1n) is 9.79. The second-order valence-electron chi connectivity index (χ2n) is 5.38. The maximum absolute atomic E-state index is 5.41. The summed E-state index contributed by atoms with van der Waals surface area (Å²) in [5.74, 6) is 0. The van der Waals surface area contributed by atoms with E-state index < -0.39 is 0 Å². The molecule has 0 unspecified atom stereocenters. The molecule has 0 rings (SSSR count). The summed E-state index contributed by atoms with van der Waals surface area (Å²) in [5.41, 5.74) is 5.30. The Hall–Kier alpha value is 0.120. The van der Waals surface area contributed by atoms with Crippen LogP contribution in [0.15, 0.2) is 0 Å². The highest BCUT2D eigenvalue weighted by Gasteiger charge is 1.94. The molecule has 0 aromatic heterocycles. The van der Waals surface area contributed by atoms with Crippen molar-refractivity contribution in [3.05, 3.63) is 0 Å². The summed E-state index contributed by atoms with van der Waals surface area (Å²) in [6, 6.07) is 0. The summed E-state index contributed by atoms with van der Waals surface area (Å²) in [4.78, 5) is 0. The number of hydrogen-bond donors (Lipinski definition) is 1. The summed E-state index contributed by atoms with van der Waals surface area (Å²) in [6.07, 6.45) is 0. The van der Waals surface area contributed by atoms with Crippen molar-refractivity contribution in [3.63, 3.8) is 0 Å². The van der Waals surface area contributed by atoms with Crippen LogP contribution in [0.2, 0.25) is 0 Å². The van der Waals surface area contributed by atoms with Crippen molar-refractivity contribution >= 4 is 15.9 Å². The molecule has 28 heavy (non-hydrogen) atoms. The maximum Gasteiger partial charge on any atom is 0.0701 e. The van der Waals surface area contributed by atoms with Crippen molar-refractivity contribution in [2.45, 2.75) is 0 Å². The Morgan fingerprint density at radius 2 is 0.571 bits per heavy atom. The van der Waals surface area contributed by atoms with Gasteiger partial charge in [0.05, 0.1) is 106 Å². The van der Waals surface area contributed by atoms with Gasteiger partial charge in [-0.3, -0.25) is 0 Å². The van der Waals surface area contributed by atoms with Crippen LogP contribution in [-0.2, 0) is 37.9 Å². The van der Waals surface area contributed by atoms with E-state index in [0.717, 1.165) is 5.33 Å². The zero-order valence-electron chi connectivity index (χ0n) is 16.9. The van der Waals surface area contributed by atoms with Gasteiger partial charge in [0.15, 0.2) is 0 Å². The average Bonchev–Trinajstić information content (AvgIpc) is 2.71. The van der Waals surface area contributed by atoms with Gasteiger partial charge in [-0.25, -0.2) is 0 Å². The maximum atomic E-state index is 5.41. The van der Waals surface area contributed by atoms with Crippen LogP contribution in [0.3, 0.4) is 0 Å². The van der Waals surface area contributed by atoms with Gasteiger partial charge < -0.3 is 43.6 Å². The first kappa shape index (κ1) is 28.1. The molecule has 2 N–H and O–H groups in total. The highest BCUT2D eigenvalue weighted by Crippen LogP contribution is 1.86. The number of hydrogen-bond acceptors (Lipinski definition) is 9. The molecule has 0 saturated carbocycles. The van der Waals surface area contributed by atoms with Crippen molar-refractivity contribution in [1.29, 1.82) is 0 Å². The van der Waals surface area contributed by atoms with Crippen molar-refractivity contribution < 1.29 is 37.9 Å².